The van der Waals surface area contributed by atoms with Crippen LogP contribution in [0, 0.1) is 12.8 Å². The van der Waals surface area contributed by atoms with E-state index in [0.29, 0.717) is 30.6 Å². The van der Waals surface area contributed by atoms with E-state index in [-0.39, 0.29) is 6.54 Å². The molecule has 3 N–H and O–H groups in total. The number of nitrogens with two attached hydrogens (primary N) is 1. The van der Waals surface area contributed by atoms with Crippen molar-refractivity contribution < 1.29 is 13.2 Å². The largest absolute Gasteiger partial charge is 0.380 e. The topological polar surface area (TPSA) is 81.4 Å². The van der Waals surface area contributed by atoms with E-state index in [1.54, 1.807) is 13.0 Å². The van der Waals surface area contributed by atoms with Crippen LogP contribution in [0.4, 0.5) is 0 Å². The first-order valence-electron chi connectivity index (χ1n) is 6.23. The monoisotopic (exact) mass is 306 g/mol. The fourth-order valence-electron chi connectivity index (χ4n) is 1.54. The van der Waals surface area contributed by atoms with E-state index in [0.717, 1.165) is 9.75 Å². The highest BCUT2D eigenvalue weighted by Gasteiger charge is 2.18. The van der Waals surface area contributed by atoms with Crippen molar-refractivity contribution in [2.45, 2.75) is 32.2 Å². The van der Waals surface area contributed by atoms with Crippen LogP contribution in [0.2, 0.25) is 0 Å². The van der Waals surface area contributed by atoms with Crippen LogP contribution in [-0.2, 0) is 21.3 Å². The average molecular weight is 306 g/mol. The van der Waals surface area contributed by atoms with Crippen molar-refractivity contribution in [2.75, 3.05) is 19.8 Å². The van der Waals surface area contributed by atoms with Gasteiger partial charge < -0.3 is 10.5 Å². The predicted octanol–water partition coefficient (Wildman–Crippen LogP) is 1.47. The van der Waals surface area contributed by atoms with Gasteiger partial charge in [0.2, 0.25) is 10.0 Å². The second kappa shape index (κ2) is 7.35. The third-order valence-electron chi connectivity index (χ3n) is 2.40. The molecule has 0 unspecified atom stereocenters. The van der Waals surface area contributed by atoms with E-state index in [4.69, 9.17) is 10.5 Å². The molecule has 0 spiro atoms. The second-order valence-corrected chi connectivity index (χ2v) is 7.78. The zero-order valence-electron chi connectivity index (χ0n) is 11.6. The summed E-state index contributed by atoms with van der Waals surface area (Å²) < 4.78 is 32.0. The molecule has 1 aromatic rings. The number of hydrogen-bond donors (Lipinski definition) is 2. The summed E-state index contributed by atoms with van der Waals surface area (Å²) in [6, 6.07) is 1.64. The van der Waals surface area contributed by atoms with Gasteiger partial charge in [-0.3, -0.25) is 0 Å². The Balaban J connectivity index is 2.53. The molecule has 5 nitrogen and oxygen atoms in total. The summed E-state index contributed by atoms with van der Waals surface area (Å²) in [7, 11) is -3.46. The first-order valence-corrected chi connectivity index (χ1v) is 8.53. The van der Waals surface area contributed by atoms with E-state index in [9.17, 15) is 8.42 Å². The maximum atomic E-state index is 12.1. The standard InChI is InChI=1S/C12H22N2O3S2/c1-9(2)8-17-5-4-14-19(15,16)12-6-11(7-13)18-10(12)3/h6,9,14H,4-5,7-8,13H2,1-3H3. The number of sulfonamides is 1. The molecule has 0 aliphatic rings. The molecule has 0 fully saturated rings. The van der Waals surface area contributed by atoms with Crippen molar-refractivity contribution in [3.8, 4) is 0 Å². The maximum Gasteiger partial charge on any atom is 0.241 e. The zero-order chi connectivity index (χ0) is 14.5. The fraction of sp³-hybridized carbons (Fsp3) is 0.667. The van der Waals surface area contributed by atoms with E-state index in [1.807, 2.05) is 13.8 Å². The van der Waals surface area contributed by atoms with Crippen LogP contribution in [0.25, 0.3) is 0 Å². The molecule has 0 amide bonds. The van der Waals surface area contributed by atoms with Crippen molar-refractivity contribution in [3.63, 3.8) is 0 Å². The Labute approximate surface area is 119 Å². The van der Waals surface area contributed by atoms with E-state index < -0.39 is 10.0 Å². The molecule has 0 aliphatic heterocycles. The van der Waals surface area contributed by atoms with Gasteiger partial charge in [0.05, 0.1) is 11.5 Å². The van der Waals surface area contributed by atoms with Gasteiger partial charge in [-0.25, -0.2) is 13.1 Å². The molecule has 0 atom stereocenters. The molecule has 0 radical (unpaired) electrons. The first-order chi connectivity index (χ1) is 8.86. The third kappa shape index (κ3) is 5.19. The van der Waals surface area contributed by atoms with Crippen molar-refractivity contribution in [2.24, 2.45) is 11.7 Å². The first kappa shape index (κ1) is 16.6. The van der Waals surface area contributed by atoms with Gasteiger partial charge in [0.15, 0.2) is 0 Å². The lowest BCUT2D eigenvalue weighted by molar-refractivity contribution is 0.114. The molecule has 110 valence electrons. The third-order valence-corrected chi connectivity index (χ3v) is 5.19. The highest BCUT2D eigenvalue weighted by Crippen LogP contribution is 2.25. The number of ether oxygens (including phenoxy) is 1. The van der Waals surface area contributed by atoms with E-state index in [1.165, 1.54) is 11.3 Å². The second-order valence-electron chi connectivity index (χ2n) is 4.70. The van der Waals surface area contributed by atoms with Crippen LogP contribution in [0.15, 0.2) is 11.0 Å². The molecule has 0 saturated heterocycles. The van der Waals surface area contributed by atoms with Crippen molar-refractivity contribution >= 4 is 21.4 Å². The van der Waals surface area contributed by atoms with Gasteiger partial charge in [0, 0.05) is 29.5 Å². The Morgan fingerprint density at radius 3 is 2.68 bits per heavy atom. The Bertz CT molecular complexity index is 495. The maximum absolute atomic E-state index is 12.1. The molecular formula is C12H22N2O3S2. The zero-order valence-corrected chi connectivity index (χ0v) is 13.2. The summed E-state index contributed by atoms with van der Waals surface area (Å²) in [4.78, 5) is 1.95. The van der Waals surface area contributed by atoms with Crippen molar-refractivity contribution in [1.29, 1.82) is 0 Å². The highest BCUT2D eigenvalue weighted by molar-refractivity contribution is 7.89. The summed E-state index contributed by atoms with van der Waals surface area (Å²) in [6.45, 7) is 7.54. The van der Waals surface area contributed by atoms with Crippen LogP contribution < -0.4 is 10.5 Å². The number of rotatable bonds is 8. The minimum Gasteiger partial charge on any atom is -0.380 e. The van der Waals surface area contributed by atoms with Gasteiger partial charge in [-0.2, -0.15) is 0 Å². The molecule has 0 aromatic carbocycles. The Kier molecular flexibility index (Phi) is 6.41. The molecule has 1 rings (SSSR count). The van der Waals surface area contributed by atoms with Crippen LogP contribution in [0.1, 0.15) is 23.6 Å². The SMILES string of the molecule is Cc1sc(CN)cc1S(=O)(=O)NCCOCC(C)C. The lowest BCUT2D eigenvalue weighted by Gasteiger charge is -2.08. The number of nitrogens with one attached hydrogen (secondary N) is 1. The summed E-state index contributed by atoms with van der Waals surface area (Å²) in [5, 5.41) is 0. The van der Waals surface area contributed by atoms with Crippen LogP contribution in [-0.4, -0.2) is 28.2 Å². The Hall–Kier alpha value is -0.470. The van der Waals surface area contributed by atoms with Gasteiger partial charge >= 0.3 is 0 Å². The fourth-order valence-corrected chi connectivity index (χ4v) is 4.06. The lowest BCUT2D eigenvalue weighted by Crippen LogP contribution is -2.28. The molecule has 0 aliphatic carbocycles. The van der Waals surface area contributed by atoms with Crippen LogP contribution in [0.3, 0.4) is 0 Å². The minimum atomic E-state index is -3.46. The molecule has 7 heteroatoms. The summed E-state index contributed by atoms with van der Waals surface area (Å²) in [5.41, 5.74) is 5.52. The van der Waals surface area contributed by atoms with E-state index >= 15 is 0 Å². The van der Waals surface area contributed by atoms with Gasteiger partial charge in [0.25, 0.3) is 0 Å². The van der Waals surface area contributed by atoms with Gasteiger partial charge in [-0.1, -0.05) is 13.8 Å². The van der Waals surface area contributed by atoms with Gasteiger partial charge in [-0.15, -0.1) is 11.3 Å². The van der Waals surface area contributed by atoms with Crippen molar-refractivity contribution in [1.82, 2.24) is 4.72 Å². The molecule has 0 saturated carbocycles. The molecular weight excluding hydrogens is 284 g/mol. The lowest BCUT2D eigenvalue weighted by atomic mass is 10.2. The summed E-state index contributed by atoms with van der Waals surface area (Å²) in [5.74, 6) is 0.447. The minimum absolute atomic E-state index is 0.280. The normalized spacial score (nSPS) is 12.3. The quantitative estimate of drug-likeness (QED) is 0.713. The Morgan fingerprint density at radius 1 is 1.47 bits per heavy atom. The van der Waals surface area contributed by atoms with Gasteiger partial charge in [-0.05, 0) is 18.9 Å². The average Bonchev–Trinajstić information content (AvgIpc) is 2.70. The highest BCUT2D eigenvalue weighted by atomic mass is 32.2. The smallest absolute Gasteiger partial charge is 0.241 e. The summed E-state index contributed by atoms with van der Waals surface area (Å²) >= 11 is 1.41. The van der Waals surface area contributed by atoms with Crippen LogP contribution in [0.5, 0.6) is 0 Å². The molecule has 0 bridgehead atoms. The summed E-state index contributed by atoms with van der Waals surface area (Å²) in [6.07, 6.45) is 0. The molecule has 1 aromatic heterocycles. The van der Waals surface area contributed by atoms with Gasteiger partial charge in [0.1, 0.15) is 0 Å². The van der Waals surface area contributed by atoms with Crippen molar-refractivity contribution in [3.05, 3.63) is 15.8 Å². The number of aryl methyl sites for hydroxylation is 1. The van der Waals surface area contributed by atoms with E-state index in [2.05, 4.69) is 4.72 Å². The molecule has 19 heavy (non-hydrogen) atoms. The number of thiophene rings is 1. The predicted molar refractivity (Wildman–Crippen MR) is 77.8 cm³/mol. The Morgan fingerprint density at radius 2 is 2.16 bits per heavy atom. The number of hydrogen-bond acceptors (Lipinski definition) is 5. The molecule has 1 heterocycles. The van der Waals surface area contributed by atoms with Crippen LogP contribution >= 0.6 is 11.3 Å².